The molecule has 0 saturated carbocycles. The molecule has 2 amide bonds. The smallest absolute Gasteiger partial charge is 0.279 e. The summed E-state index contributed by atoms with van der Waals surface area (Å²) in [5.74, 6) is -0.0218. The fourth-order valence-electron chi connectivity index (χ4n) is 5.25. The average Bonchev–Trinajstić information content (AvgIpc) is 2.90. The standard InChI is InChI=1S/C30H48N6O2/c1-8-35(9-2,10-3)20-28(37)33-26-14-15-27(32)23(19-26)17-24-18-25(31)16-22(7)30(24)34-29(38)21-36(11-4,12-5)13-6/h14-16,18-19H,8-13,17,20-21,31-32H2,1-7H3/p+2. The third-order valence-electron chi connectivity index (χ3n) is 8.49. The van der Waals surface area contributed by atoms with Crippen LogP contribution in [0.5, 0.6) is 0 Å². The van der Waals surface area contributed by atoms with Gasteiger partial charge in [0.15, 0.2) is 13.1 Å². The SMILES string of the molecule is CC[N+](CC)(CC)CC(=O)Nc1ccc(N)c(Cc2cc(N)cc(C)c2NC(=O)C[N+](CC)(CC)CC)c1. The van der Waals surface area contributed by atoms with Crippen molar-refractivity contribution in [2.45, 2.75) is 54.9 Å². The first-order chi connectivity index (χ1) is 18.0. The molecule has 0 fully saturated rings. The molecule has 0 aromatic heterocycles. The molecule has 0 heterocycles. The van der Waals surface area contributed by atoms with Crippen LogP contribution in [0.15, 0.2) is 30.3 Å². The van der Waals surface area contributed by atoms with E-state index in [4.69, 9.17) is 11.5 Å². The maximum Gasteiger partial charge on any atom is 0.279 e. The molecule has 6 N–H and O–H groups in total. The normalized spacial score (nSPS) is 11.9. The molecule has 0 unspecified atom stereocenters. The van der Waals surface area contributed by atoms with Gasteiger partial charge in [-0.2, -0.15) is 0 Å². The van der Waals surface area contributed by atoms with Gasteiger partial charge >= 0.3 is 0 Å². The molecule has 2 rings (SSSR count). The molecule has 2 aromatic rings. The number of carbonyl (C=O) groups is 2. The van der Waals surface area contributed by atoms with E-state index in [1.807, 2.05) is 37.3 Å². The van der Waals surface area contributed by atoms with Crippen LogP contribution in [-0.2, 0) is 16.0 Å². The first kappa shape index (κ1) is 31.1. The Labute approximate surface area is 229 Å². The molecular formula is C30H50N6O2+2. The molecule has 0 aliphatic heterocycles. The van der Waals surface area contributed by atoms with Crippen molar-refractivity contribution in [3.05, 3.63) is 47.0 Å². The molecular weight excluding hydrogens is 476 g/mol. The number of carbonyl (C=O) groups excluding carboxylic acids is 2. The van der Waals surface area contributed by atoms with Crippen molar-refractivity contribution in [3.8, 4) is 0 Å². The molecule has 0 atom stereocenters. The summed E-state index contributed by atoms with van der Waals surface area (Å²) in [7, 11) is 0. The highest BCUT2D eigenvalue weighted by molar-refractivity contribution is 5.94. The number of nitrogens with one attached hydrogen (secondary N) is 2. The maximum absolute atomic E-state index is 13.1. The number of nitrogens with two attached hydrogens (primary N) is 2. The summed E-state index contributed by atoms with van der Waals surface area (Å²) in [6.07, 6.45) is 0.477. The Balaban J connectivity index is 2.31. The van der Waals surface area contributed by atoms with Crippen LogP contribution < -0.4 is 22.1 Å². The van der Waals surface area contributed by atoms with E-state index in [0.29, 0.717) is 36.6 Å². The quantitative estimate of drug-likeness (QED) is 0.216. The van der Waals surface area contributed by atoms with Gasteiger partial charge in [0, 0.05) is 29.2 Å². The van der Waals surface area contributed by atoms with Crippen LogP contribution in [0, 0.1) is 6.92 Å². The highest BCUT2D eigenvalue weighted by atomic mass is 16.2. The van der Waals surface area contributed by atoms with E-state index in [1.54, 1.807) is 0 Å². The minimum absolute atomic E-state index is 0.0107. The molecule has 8 nitrogen and oxygen atoms in total. The van der Waals surface area contributed by atoms with E-state index in [9.17, 15) is 9.59 Å². The number of rotatable bonds is 14. The lowest BCUT2D eigenvalue weighted by atomic mass is 9.98. The Hall–Kier alpha value is -3.10. The molecule has 0 radical (unpaired) electrons. The largest absolute Gasteiger partial charge is 0.399 e. The summed E-state index contributed by atoms with van der Waals surface area (Å²) in [6.45, 7) is 21.0. The number of nitrogen functional groups attached to an aromatic ring is 2. The van der Waals surface area contributed by atoms with Crippen molar-refractivity contribution in [2.24, 2.45) is 0 Å². The maximum atomic E-state index is 13.1. The van der Waals surface area contributed by atoms with Crippen LogP contribution >= 0.6 is 0 Å². The Morgan fingerprint density at radius 2 is 1.21 bits per heavy atom. The van der Waals surface area contributed by atoms with E-state index in [2.05, 4.69) is 52.2 Å². The first-order valence-corrected chi connectivity index (χ1v) is 14.1. The summed E-state index contributed by atoms with van der Waals surface area (Å²) in [6, 6.07) is 9.34. The second-order valence-electron chi connectivity index (χ2n) is 10.5. The lowest BCUT2D eigenvalue weighted by Crippen LogP contribution is -2.52. The predicted molar refractivity (Wildman–Crippen MR) is 160 cm³/mol. The van der Waals surface area contributed by atoms with Crippen molar-refractivity contribution in [1.29, 1.82) is 0 Å². The number of nitrogens with zero attached hydrogens (tertiary/aromatic N) is 2. The summed E-state index contributed by atoms with van der Waals surface area (Å²) in [4.78, 5) is 26.0. The van der Waals surface area contributed by atoms with E-state index < -0.39 is 0 Å². The molecule has 8 heteroatoms. The molecule has 0 bridgehead atoms. The van der Waals surface area contributed by atoms with Gasteiger partial charge < -0.3 is 31.1 Å². The zero-order valence-corrected chi connectivity index (χ0v) is 24.6. The van der Waals surface area contributed by atoms with Crippen LogP contribution in [-0.4, -0.2) is 73.1 Å². The third-order valence-corrected chi connectivity index (χ3v) is 8.49. The number of amides is 2. The Bertz CT molecular complexity index is 1090. The zero-order chi connectivity index (χ0) is 28.5. The molecule has 0 spiro atoms. The van der Waals surface area contributed by atoms with Gasteiger partial charge in [-0.25, -0.2) is 0 Å². The molecule has 0 aliphatic carbocycles. The van der Waals surface area contributed by atoms with Crippen LogP contribution in [0.3, 0.4) is 0 Å². The number of quaternary nitrogens is 2. The third kappa shape index (κ3) is 7.71. The van der Waals surface area contributed by atoms with E-state index in [0.717, 1.165) is 70.6 Å². The fourth-order valence-corrected chi connectivity index (χ4v) is 5.25. The van der Waals surface area contributed by atoms with Crippen LogP contribution in [0.25, 0.3) is 0 Å². The number of hydrogen-bond acceptors (Lipinski definition) is 4. The van der Waals surface area contributed by atoms with Gasteiger partial charge in [0.25, 0.3) is 11.8 Å². The van der Waals surface area contributed by atoms with Crippen LogP contribution in [0.1, 0.15) is 58.2 Å². The Morgan fingerprint density at radius 3 is 1.71 bits per heavy atom. The lowest BCUT2D eigenvalue weighted by Gasteiger charge is -2.35. The Morgan fingerprint density at radius 1 is 0.711 bits per heavy atom. The topological polar surface area (TPSA) is 110 Å². The van der Waals surface area contributed by atoms with Crippen LogP contribution in [0.2, 0.25) is 0 Å². The highest BCUT2D eigenvalue weighted by Crippen LogP contribution is 2.30. The van der Waals surface area contributed by atoms with Gasteiger partial charge in [-0.05, 0) is 95.5 Å². The lowest BCUT2D eigenvalue weighted by molar-refractivity contribution is -0.915. The van der Waals surface area contributed by atoms with Gasteiger partial charge in [-0.1, -0.05) is 0 Å². The van der Waals surface area contributed by atoms with Gasteiger partial charge in [-0.15, -0.1) is 0 Å². The van der Waals surface area contributed by atoms with Crippen molar-refractivity contribution in [2.75, 3.05) is 74.5 Å². The molecule has 2 aromatic carbocycles. The van der Waals surface area contributed by atoms with E-state index in [-0.39, 0.29) is 11.8 Å². The minimum Gasteiger partial charge on any atom is -0.399 e. The van der Waals surface area contributed by atoms with Crippen molar-refractivity contribution in [3.63, 3.8) is 0 Å². The number of benzene rings is 2. The monoisotopic (exact) mass is 526 g/mol. The molecule has 38 heavy (non-hydrogen) atoms. The number of anilines is 4. The fraction of sp³-hybridized carbons (Fsp3) is 0.533. The second-order valence-corrected chi connectivity index (χ2v) is 10.5. The summed E-state index contributed by atoms with van der Waals surface area (Å²) < 4.78 is 1.48. The van der Waals surface area contributed by atoms with E-state index in [1.165, 1.54) is 0 Å². The van der Waals surface area contributed by atoms with Gasteiger partial charge in [0.2, 0.25) is 0 Å². The second kappa shape index (κ2) is 13.6. The molecule has 0 saturated heterocycles. The predicted octanol–water partition coefficient (Wildman–Crippen LogP) is 4.38. The van der Waals surface area contributed by atoms with Crippen molar-refractivity contribution in [1.82, 2.24) is 0 Å². The van der Waals surface area contributed by atoms with Crippen molar-refractivity contribution < 1.29 is 18.6 Å². The first-order valence-electron chi connectivity index (χ1n) is 14.1. The van der Waals surface area contributed by atoms with Crippen molar-refractivity contribution >= 4 is 34.6 Å². The molecule has 210 valence electrons. The van der Waals surface area contributed by atoms with Gasteiger partial charge in [-0.3, -0.25) is 9.59 Å². The highest BCUT2D eigenvalue weighted by Gasteiger charge is 2.26. The van der Waals surface area contributed by atoms with Gasteiger partial charge in [0.05, 0.1) is 39.3 Å². The molecule has 0 aliphatic rings. The average molecular weight is 527 g/mol. The Kier molecular flexibility index (Phi) is 11.2. The summed E-state index contributed by atoms with van der Waals surface area (Å²) >= 11 is 0. The number of aryl methyl sites for hydroxylation is 1. The van der Waals surface area contributed by atoms with Crippen LogP contribution in [0.4, 0.5) is 22.7 Å². The number of hydrogen-bond donors (Lipinski definition) is 4. The van der Waals surface area contributed by atoms with Gasteiger partial charge in [0.1, 0.15) is 0 Å². The zero-order valence-electron chi connectivity index (χ0n) is 24.6. The van der Waals surface area contributed by atoms with E-state index >= 15 is 0 Å². The minimum atomic E-state index is -0.0111. The number of likely N-dealkylation sites (N-methyl/N-ethyl adjacent to an activating group) is 2. The summed E-state index contributed by atoms with van der Waals surface area (Å²) in [5.41, 5.74) is 18.0. The summed E-state index contributed by atoms with van der Waals surface area (Å²) in [5, 5.41) is 6.23.